The van der Waals surface area contributed by atoms with Crippen LogP contribution in [0.25, 0.3) is 0 Å². The van der Waals surface area contributed by atoms with Crippen molar-refractivity contribution >= 4 is 16.8 Å². The lowest BCUT2D eigenvalue weighted by Crippen LogP contribution is -2.42. The first-order chi connectivity index (χ1) is 11.2. The zero-order chi connectivity index (χ0) is 16.5. The highest BCUT2D eigenvalue weighted by Gasteiger charge is 2.19. The van der Waals surface area contributed by atoms with Gasteiger partial charge in [-0.25, -0.2) is 0 Å². The fourth-order valence-corrected chi connectivity index (χ4v) is 3.73. The van der Waals surface area contributed by atoms with E-state index in [1.54, 1.807) is 7.05 Å². The number of rotatable bonds is 7. The molecule has 0 spiro atoms. The Labute approximate surface area is 141 Å². The van der Waals surface area contributed by atoms with Crippen molar-refractivity contribution in [3.8, 4) is 0 Å². The molecular formula is C17H27N3O2S. The van der Waals surface area contributed by atoms with E-state index in [9.17, 15) is 4.21 Å². The van der Waals surface area contributed by atoms with Crippen LogP contribution in [0, 0.1) is 5.92 Å². The highest BCUT2D eigenvalue weighted by atomic mass is 32.2. The van der Waals surface area contributed by atoms with Gasteiger partial charge < -0.3 is 15.0 Å². The first-order valence-electron chi connectivity index (χ1n) is 8.07. The second-order valence-electron chi connectivity index (χ2n) is 5.86. The van der Waals surface area contributed by atoms with Gasteiger partial charge in [0.25, 0.3) is 0 Å². The van der Waals surface area contributed by atoms with Crippen LogP contribution in [0.2, 0.25) is 0 Å². The Kier molecular flexibility index (Phi) is 7.55. The van der Waals surface area contributed by atoms with E-state index in [1.165, 1.54) is 0 Å². The van der Waals surface area contributed by atoms with Gasteiger partial charge in [-0.1, -0.05) is 30.3 Å². The average molecular weight is 337 g/mol. The lowest BCUT2D eigenvalue weighted by molar-refractivity contribution is 0.181. The summed E-state index contributed by atoms with van der Waals surface area (Å²) in [5, 5.41) is 3.30. The van der Waals surface area contributed by atoms with Crippen LogP contribution in [0.15, 0.2) is 35.3 Å². The summed E-state index contributed by atoms with van der Waals surface area (Å²) < 4.78 is 17.5. The van der Waals surface area contributed by atoms with Gasteiger partial charge in [-0.15, -0.1) is 0 Å². The Bertz CT molecular complexity index is 516. The molecule has 2 unspecified atom stereocenters. The standard InChI is InChI=1S/C17H27N3O2S/c1-18-17(20(2)12-16-8-10-22-13-16)19-9-11-23(21)14-15-6-4-3-5-7-15/h3-7,16H,8-14H2,1-2H3,(H,18,19). The van der Waals surface area contributed by atoms with Gasteiger partial charge >= 0.3 is 0 Å². The third kappa shape index (κ3) is 6.31. The minimum atomic E-state index is -0.863. The van der Waals surface area contributed by atoms with Gasteiger partial charge in [-0.3, -0.25) is 9.20 Å². The number of guanidine groups is 1. The molecule has 0 aromatic heterocycles. The van der Waals surface area contributed by atoms with Gasteiger partial charge in [0.2, 0.25) is 0 Å². The quantitative estimate of drug-likeness (QED) is 0.605. The van der Waals surface area contributed by atoms with Crippen LogP contribution < -0.4 is 5.32 Å². The fourth-order valence-electron chi connectivity index (χ4n) is 2.69. The van der Waals surface area contributed by atoms with E-state index in [0.717, 1.165) is 37.7 Å². The number of ether oxygens (including phenoxy) is 1. The van der Waals surface area contributed by atoms with Crippen molar-refractivity contribution in [3.05, 3.63) is 35.9 Å². The predicted octanol–water partition coefficient (Wildman–Crippen LogP) is 1.48. The highest BCUT2D eigenvalue weighted by Crippen LogP contribution is 2.13. The van der Waals surface area contributed by atoms with Crippen molar-refractivity contribution in [2.75, 3.05) is 46.2 Å². The summed E-state index contributed by atoms with van der Waals surface area (Å²) in [6.45, 7) is 3.30. The SMILES string of the molecule is CN=C(NCCS(=O)Cc1ccccc1)N(C)CC1CCOC1. The van der Waals surface area contributed by atoms with Gasteiger partial charge in [0.05, 0.1) is 6.61 Å². The lowest BCUT2D eigenvalue weighted by atomic mass is 10.1. The van der Waals surface area contributed by atoms with Crippen LogP contribution in [0.4, 0.5) is 0 Å². The molecule has 1 fully saturated rings. The maximum absolute atomic E-state index is 12.1. The van der Waals surface area contributed by atoms with Crippen molar-refractivity contribution in [1.29, 1.82) is 0 Å². The molecule has 0 amide bonds. The van der Waals surface area contributed by atoms with Gasteiger partial charge in [-0.2, -0.15) is 0 Å². The molecule has 1 aromatic rings. The Morgan fingerprint density at radius 2 is 2.22 bits per heavy atom. The molecule has 1 heterocycles. The Balaban J connectivity index is 1.69. The summed E-state index contributed by atoms with van der Waals surface area (Å²) in [5.41, 5.74) is 1.12. The molecule has 6 heteroatoms. The number of hydrogen-bond donors (Lipinski definition) is 1. The van der Waals surface area contributed by atoms with Gasteiger partial charge in [-0.05, 0) is 12.0 Å². The Hall–Kier alpha value is -1.40. The van der Waals surface area contributed by atoms with Crippen LogP contribution in [0.1, 0.15) is 12.0 Å². The third-order valence-electron chi connectivity index (χ3n) is 3.91. The van der Waals surface area contributed by atoms with Crippen LogP contribution in [0.5, 0.6) is 0 Å². The number of nitrogens with one attached hydrogen (secondary N) is 1. The molecular weight excluding hydrogens is 310 g/mol. The van der Waals surface area contributed by atoms with E-state index in [0.29, 0.717) is 24.0 Å². The zero-order valence-electron chi connectivity index (χ0n) is 14.0. The molecule has 2 rings (SSSR count). The van der Waals surface area contributed by atoms with Gasteiger partial charge in [0.15, 0.2) is 5.96 Å². The maximum Gasteiger partial charge on any atom is 0.193 e. The van der Waals surface area contributed by atoms with E-state index < -0.39 is 10.8 Å². The minimum absolute atomic E-state index is 0.575. The summed E-state index contributed by atoms with van der Waals surface area (Å²) >= 11 is 0. The second kappa shape index (κ2) is 9.67. The first kappa shape index (κ1) is 17.9. The lowest BCUT2D eigenvalue weighted by Gasteiger charge is -2.24. The molecule has 1 aromatic carbocycles. The fraction of sp³-hybridized carbons (Fsp3) is 0.588. The predicted molar refractivity (Wildman–Crippen MR) is 96.1 cm³/mol. The van der Waals surface area contributed by atoms with Gasteiger partial charge in [0.1, 0.15) is 0 Å². The van der Waals surface area contributed by atoms with Crippen molar-refractivity contribution in [1.82, 2.24) is 10.2 Å². The van der Waals surface area contributed by atoms with E-state index in [1.807, 2.05) is 37.4 Å². The van der Waals surface area contributed by atoms with Crippen molar-refractivity contribution in [2.24, 2.45) is 10.9 Å². The molecule has 1 N–H and O–H groups in total. The van der Waals surface area contributed by atoms with Crippen molar-refractivity contribution < 1.29 is 8.95 Å². The van der Waals surface area contributed by atoms with E-state index >= 15 is 0 Å². The Morgan fingerprint density at radius 1 is 1.43 bits per heavy atom. The van der Waals surface area contributed by atoms with Crippen molar-refractivity contribution in [2.45, 2.75) is 12.2 Å². The van der Waals surface area contributed by atoms with Crippen LogP contribution >= 0.6 is 0 Å². The van der Waals surface area contributed by atoms with Crippen LogP contribution in [-0.4, -0.2) is 61.2 Å². The van der Waals surface area contributed by atoms with E-state index in [-0.39, 0.29) is 0 Å². The molecule has 0 saturated carbocycles. The molecule has 0 aliphatic carbocycles. The topological polar surface area (TPSA) is 53.9 Å². The summed E-state index contributed by atoms with van der Waals surface area (Å²) in [6, 6.07) is 9.97. The van der Waals surface area contributed by atoms with Crippen LogP contribution in [-0.2, 0) is 21.3 Å². The largest absolute Gasteiger partial charge is 0.381 e. The number of aliphatic imine (C=N–C) groups is 1. The summed E-state index contributed by atoms with van der Waals surface area (Å²) in [7, 11) is 2.96. The average Bonchev–Trinajstić information content (AvgIpc) is 3.05. The molecule has 1 aliphatic heterocycles. The summed E-state index contributed by atoms with van der Waals surface area (Å²) in [6.07, 6.45) is 1.11. The maximum atomic E-state index is 12.1. The number of benzene rings is 1. The van der Waals surface area contributed by atoms with Crippen molar-refractivity contribution in [3.63, 3.8) is 0 Å². The monoisotopic (exact) mass is 337 g/mol. The van der Waals surface area contributed by atoms with E-state index in [4.69, 9.17) is 4.74 Å². The zero-order valence-corrected chi connectivity index (χ0v) is 14.8. The molecule has 1 saturated heterocycles. The number of nitrogens with zero attached hydrogens (tertiary/aromatic N) is 2. The normalized spacial score (nSPS) is 19.6. The first-order valence-corrected chi connectivity index (χ1v) is 9.56. The second-order valence-corrected chi connectivity index (χ2v) is 7.43. The number of hydrogen-bond acceptors (Lipinski definition) is 3. The summed E-state index contributed by atoms with van der Waals surface area (Å²) in [4.78, 5) is 6.43. The smallest absolute Gasteiger partial charge is 0.193 e. The third-order valence-corrected chi connectivity index (χ3v) is 5.23. The molecule has 0 radical (unpaired) electrons. The van der Waals surface area contributed by atoms with Gasteiger partial charge in [0, 0.05) is 62.0 Å². The molecule has 23 heavy (non-hydrogen) atoms. The Morgan fingerprint density at radius 3 is 2.87 bits per heavy atom. The van der Waals surface area contributed by atoms with E-state index in [2.05, 4.69) is 15.2 Å². The summed E-state index contributed by atoms with van der Waals surface area (Å²) in [5.74, 6) is 2.66. The molecule has 2 atom stereocenters. The van der Waals surface area contributed by atoms with Crippen LogP contribution in [0.3, 0.4) is 0 Å². The molecule has 5 nitrogen and oxygen atoms in total. The molecule has 0 bridgehead atoms. The molecule has 1 aliphatic rings. The highest BCUT2D eigenvalue weighted by molar-refractivity contribution is 7.84. The minimum Gasteiger partial charge on any atom is -0.381 e. The molecule has 128 valence electrons.